The molecule has 2 N–H and O–H groups in total. The van der Waals surface area contributed by atoms with E-state index in [9.17, 15) is 14.0 Å². The van der Waals surface area contributed by atoms with Crippen molar-refractivity contribution in [2.75, 3.05) is 0 Å². The average Bonchev–Trinajstić information content (AvgIpc) is 2.66. The fourth-order valence-corrected chi connectivity index (χ4v) is 4.13. The lowest BCUT2D eigenvalue weighted by Gasteiger charge is -2.12. The van der Waals surface area contributed by atoms with Crippen molar-refractivity contribution in [3.63, 3.8) is 0 Å². The van der Waals surface area contributed by atoms with E-state index in [2.05, 4.69) is 27.4 Å². The number of aryl methyl sites for hydroxylation is 3. The fourth-order valence-electron chi connectivity index (χ4n) is 3.28. The molecule has 7 heteroatoms. The summed E-state index contributed by atoms with van der Waals surface area (Å²) in [7, 11) is 0. The van der Waals surface area contributed by atoms with Gasteiger partial charge in [-0.25, -0.2) is 9.37 Å². The maximum atomic E-state index is 13.0. The summed E-state index contributed by atoms with van der Waals surface area (Å²) in [5.41, 5.74) is 5.59. The molecule has 0 radical (unpaired) electrons. The lowest BCUT2D eigenvalue weighted by molar-refractivity contribution is -0.120. The van der Waals surface area contributed by atoms with Crippen LogP contribution in [-0.4, -0.2) is 15.9 Å². The molecule has 0 bridgehead atoms. The quantitative estimate of drug-likeness (QED) is 0.443. The van der Waals surface area contributed by atoms with Gasteiger partial charge in [-0.05, 0) is 55.2 Å². The number of hydrogen-bond acceptors (Lipinski definition) is 4. The van der Waals surface area contributed by atoms with Gasteiger partial charge in [0.25, 0.3) is 5.56 Å². The number of rotatable bonds is 7. The van der Waals surface area contributed by atoms with E-state index in [0.29, 0.717) is 23.1 Å². The van der Waals surface area contributed by atoms with Gasteiger partial charge in [-0.15, -0.1) is 0 Å². The maximum absolute atomic E-state index is 13.0. The largest absolute Gasteiger partial charge is 0.352 e. The molecule has 3 aromatic rings. The highest BCUT2D eigenvalue weighted by molar-refractivity contribution is 7.98. The molecule has 0 aliphatic rings. The van der Waals surface area contributed by atoms with Crippen molar-refractivity contribution in [1.29, 1.82) is 0 Å². The molecule has 0 aliphatic heterocycles. The van der Waals surface area contributed by atoms with E-state index in [0.717, 1.165) is 22.3 Å². The lowest BCUT2D eigenvalue weighted by atomic mass is 10.00. The molecule has 1 heterocycles. The Kier molecular flexibility index (Phi) is 7.05. The van der Waals surface area contributed by atoms with E-state index >= 15 is 0 Å². The van der Waals surface area contributed by atoms with Gasteiger partial charge in [-0.2, -0.15) is 0 Å². The van der Waals surface area contributed by atoms with Crippen LogP contribution in [-0.2, 0) is 23.5 Å². The van der Waals surface area contributed by atoms with Crippen LogP contribution in [0.3, 0.4) is 0 Å². The second kappa shape index (κ2) is 9.71. The Hall–Kier alpha value is -2.93. The minimum absolute atomic E-state index is 0.0258. The molecule has 30 heavy (non-hydrogen) atoms. The second-order valence-electron chi connectivity index (χ2n) is 7.29. The Bertz CT molecular complexity index is 1090. The first-order chi connectivity index (χ1) is 14.3. The second-order valence-corrected chi connectivity index (χ2v) is 8.25. The first-order valence-electron chi connectivity index (χ1n) is 9.61. The van der Waals surface area contributed by atoms with Crippen LogP contribution in [0.5, 0.6) is 0 Å². The van der Waals surface area contributed by atoms with Crippen molar-refractivity contribution in [3.05, 3.63) is 92.1 Å². The van der Waals surface area contributed by atoms with E-state index in [1.807, 2.05) is 20.8 Å². The monoisotopic (exact) mass is 425 g/mol. The van der Waals surface area contributed by atoms with Crippen LogP contribution in [0.15, 0.2) is 52.4 Å². The van der Waals surface area contributed by atoms with Gasteiger partial charge >= 0.3 is 0 Å². The van der Waals surface area contributed by atoms with Crippen LogP contribution >= 0.6 is 11.8 Å². The zero-order chi connectivity index (χ0) is 21.7. The van der Waals surface area contributed by atoms with Crippen LogP contribution in [0.1, 0.15) is 33.5 Å². The molecular formula is C23H24FN3O2S. The molecule has 0 atom stereocenters. The SMILES string of the molecule is Cc1cc(C)c(CNC(=O)Cc2cc(=O)[nH]c(SCc3ccc(F)cc3)n2)c(C)c1. The van der Waals surface area contributed by atoms with Crippen molar-refractivity contribution < 1.29 is 9.18 Å². The van der Waals surface area contributed by atoms with Gasteiger partial charge in [0.15, 0.2) is 5.16 Å². The van der Waals surface area contributed by atoms with Gasteiger partial charge in [-0.1, -0.05) is 41.6 Å². The third kappa shape index (κ3) is 6.03. The molecule has 1 amide bonds. The summed E-state index contributed by atoms with van der Waals surface area (Å²) in [6, 6.07) is 11.7. The van der Waals surface area contributed by atoms with Gasteiger partial charge in [0, 0.05) is 18.4 Å². The summed E-state index contributed by atoms with van der Waals surface area (Å²) in [6.45, 7) is 6.55. The summed E-state index contributed by atoms with van der Waals surface area (Å²) in [5.74, 6) is 0.0477. The van der Waals surface area contributed by atoms with E-state index in [-0.39, 0.29) is 23.7 Å². The van der Waals surface area contributed by atoms with E-state index in [4.69, 9.17) is 0 Å². The predicted octanol–water partition coefficient (Wildman–Crippen LogP) is 3.99. The average molecular weight is 426 g/mol. The number of aromatic amines is 1. The van der Waals surface area contributed by atoms with Crippen LogP contribution in [0.2, 0.25) is 0 Å². The van der Waals surface area contributed by atoms with Crippen LogP contribution in [0.4, 0.5) is 4.39 Å². The minimum atomic E-state index is -0.306. The van der Waals surface area contributed by atoms with E-state index in [1.165, 1.54) is 35.5 Å². The number of carbonyl (C=O) groups excluding carboxylic acids is 1. The summed E-state index contributed by atoms with van der Waals surface area (Å²) in [6.07, 6.45) is 0.0258. The number of halogens is 1. The Labute approximate surface area is 179 Å². The molecular weight excluding hydrogens is 401 g/mol. The lowest BCUT2D eigenvalue weighted by Crippen LogP contribution is -2.26. The Morgan fingerprint density at radius 3 is 2.43 bits per heavy atom. The highest BCUT2D eigenvalue weighted by Gasteiger charge is 2.10. The minimum Gasteiger partial charge on any atom is -0.352 e. The summed E-state index contributed by atoms with van der Waals surface area (Å²) in [4.78, 5) is 31.4. The zero-order valence-corrected chi connectivity index (χ0v) is 18.0. The number of aromatic nitrogens is 2. The Balaban J connectivity index is 1.61. The number of thioether (sulfide) groups is 1. The molecule has 1 aromatic heterocycles. The highest BCUT2D eigenvalue weighted by atomic mass is 32.2. The molecule has 0 saturated carbocycles. The third-order valence-electron chi connectivity index (χ3n) is 4.71. The molecule has 156 valence electrons. The Morgan fingerprint density at radius 2 is 1.77 bits per heavy atom. The molecule has 0 spiro atoms. The number of hydrogen-bond donors (Lipinski definition) is 2. The first kappa shape index (κ1) is 21.8. The van der Waals surface area contributed by atoms with Crippen molar-refractivity contribution in [2.45, 2.75) is 44.6 Å². The number of amides is 1. The smallest absolute Gasteiger partial charge is 0.251 e. The van der Waals surface area contributed by atoms with Crippen molar-refractivity contribution in [1.82, 2.24) is 15.3 Å². The number of benzene rings is 2. The van der Waals surface area contributed by atoms with Gasteiger partial charge in [0.05, 0.1) is 12.1 Å². The molecule has 2 aromatic carbocycles. The van der Waals surface area contributed by atoms with E-state index < -0.39 is 0 Å². The first-order valence-corrected chi connectivity index (χ1v) is 10.6. The van der Waals surface area contributed by atoms with Gasteiger partial charge in [0.2, 0.25) is 5.91 Å². The fraction of sp³-hybridized carbons (Fsp3) is 0.261. The molecule has 5 nitrogen and oxygen atoms in total. The number of H-pyrrole nitrogens is 1. The van der Waals surface area contributed by atoms with Crippen molar-refractivity contribution in [2.24, 2.45) is 0 Å². The van der Waals surface area contributed by atoms with Crippen LogP contribution in [0, 0.1) is 26.6 Å². The third-order valence-corrected chi connectivity index (χ3v) is 5.65. The zero-order valence-electron chi connectivity index (χ0n) is 17.2. The summed E-state index contributed by atoms with van der Waals surface area (Å²) >= 11 is 1.33. The topological polar surface area (TPSA) is 74.8 Å². The highest BCUT2D eigenvalue weighted by Crippen LogP contribution is 2.19. The molecule has 0 fully saturated rings. The van der Waals surface area contributed by atoms with Gasteiger partial charge in [-0.3, -0.25) is 9.59 Å². The molecule has 3 rings (SSSR count). The number of nitrogens with one attached hydrogen (secondary N) is 2. The van der Waals surface area contributed by atoms with Crippen LogP contribution < -0.4 is 10.9 Å². The normalized spacial score (nSPS) is 10.8. The Morgan fingerprint density at radius 1 is 1.10 bits per heavy atom. The standard InChI is InChI=1S/C23H24FN3O2S/c1-14-8-15(2)20(16(3)9-14)12-25-21(28)10-19-11-22(29)27-23(26-19)30-13-17-4-6-18(24)7-5-17/h4-9,11H,10,12-13H2,1-3H3,(H,25,28)(H,26,27,29). The van der Waals surface area contributed by atoms with Gasteiger partial charge < -0.3 is 10.3 Å². The van der Waals surface area contributed by atoms with Gasteiger partial charge in [0.1, 0.15) is 5.82 Å². The predicted molar refractivity (Wildman–Crippen MR) is 117 cm³/mol. The van der Waals surface area contributed by atoms with Crippen molar-refractivity contribution >= 4 is 17.7 Å². The van der Waals surface area contributed by atoms with Crippen LogP contribution in [0.25, 0.3) is 0 Å². The summed E-state index contributed by atoms with van der Waals surface area (Å²) in [5, 5.41) is 3.35. The number of nitrogens with zero attached hydrogens (tertiary/aromatic N) is 1. The number of carbonyl (C=O) groups is 1. The van der Waals surface area contributed by atoms with E-state index in [1.54, 1.807) is 12.1 Å². The molecule has 0 unspecified atom stereocenters. The van der Waals surface area contributed by atoms with Crippen molar-refractivity contribution in [3.8, 4) is 0 Å². The maximum Gasteiger partial charge on any atom is 0.251 e. The molecule has 0 saturated heterocycles. The molecule has 0 aliphatic carbocycles. The summed E-state index contributed by atoms with van der Waals surface area (Å²) < 4.78 is 13.0.